The maximum atomic E-state index is 11.4. The van der Waals surface area contributed by atoms with Crippen LogP contribution < -0.4 is 0 Å². The van der Waals surface area contributed by atoms with Crippen LogP contribution in [0.3, 0.4) is 0 Å². The van der Waals surface area contributed by atoms with Gasteiger partial charge in [-0.3, -0.25) is 4.79 Å². The quantitative estimate of drug-likeness (QED) is 0.682. The molecule has 0 saturated heterocycles. The van der Waals surface area contributed by atoms with Crippen molar-refractivity contribution in [2.24, 2.45) is 0 Å². The van der Waals surface area contributed by atoms with Crippen molar-refractivity contribution >= 4 is 11.9 Å². The van der Waals surface area contributed by atoms with Gasteiger partial charge >= 0.3 is 5.97 Å². The largest absolute Gasteiger partial charge is 0.509 e. The van der Waals surface area contributed by atoms with E-state index in [0.717, 1.165) is 0 Å². The van der Waals surface area contributed by atoms with Crippen LogP contribution in [-0.2, 0) is 14.3 Å². The highest BCUT2D eigenvalue weighted by Crippen LogP contribution is 2.23. The molecule has 0 spiro atoms. The minimum absolute atomic E-state index is 0.0661. The van der Waals surface area contributed by atoms with E-state index in [2.05, 4.69) is 0 Å². The van der Waals surface area contributed by atoms with E-state index in [1.807, 2.05) is 0 Å². The number of amides is 1. The lowest BCUT2D eigenvalue weighted by atomic mass is 10.2. The normalized spacial score (nSPS) is 20.7. The maximum absolute atomic E-state index is 11.4. The molecule has 5 heteroatoms. The summed E-state index contributed by atoms with van der Waals surface area (Å²) < 4.78 is 4.78. The summed E-state index contributed by atoms with van der Waals surface area (Å²) in [6, 6.07) is -0.443. The predicted octanol–water partition coefficient (Wildman–Crippen LogP) is 0.612. The van der Waals surface area contributed by atoms with Crippen molar-refractivity contribution in [3.05, 3.63) is 11.3 Å². The minimum Gasteiger partial charge on any atom is -0.509 e. The molecule has 1 N–H and O–H groups in total. The van der Waals surface area contributed by atoms with Gasteiger partial charge in [0.25, 0.3) is 0 Å². The third kappa shape index (κ3) is 2.11. The molecule has 0 aromatic carbocycles. The van der Waals surface area contributed by atoms with Crippen LogP contribution in [0.25, 0.3) is 0 Å². The zero-order valence-corrected chi connectivity index (χ0v) is 9.11. The zero-order chi connectivity index (χ0) is 11.6. The van der Waals surface area contributed by atoms with Gasteiger partial charge in [0.15, 0.2) is 0 Å². The average molecular weight is 213 g/mol. The summed E-state index contributed by atoms with van der Waals surface area (Å²) in [6.45, 7) is 5.14. The van der Waals surface area contributed by atoms with E-state index < -0.39 is 12.0 Å². The fourth-order valence-corrected chi connectivity index (χ4v) is 1.56. The van der Waals surface area contributed by atoms with Crippen LogP contribution in [0.1, 0.15) is 20.8 Å². The average Bonchev–Trinajstić information content (AvgIpc) is 2.45. The smallest absolute Gasteiger partial charge is 0.339 e. The second-order valence-corrected chi connectivity index (χ2v) is 3.41. The molecule has 1 aliphatic heterocycles. The number of aliphatic hydroxyl groups is 1. The molecule has 0 aliphatic carbocycles. The molecule has 84 valence electrons. The van der Waals surface area contributed by atoms with Crippen molar-refractivity contribution in [1.82, 2.24) is 4.90 Å². The number of hydrogen-bond donors (Lipinski definition) is 1. The third-order valence-corrected chi connectivity index (χ3v) is 2.43. The second-order valence-electron chi connectivity index (χ2n) is 3.41. The Morgan fingerprint density at radius 1 is 1.60 bits per heavy atom. The minimum atomic E-state index is -0.550. The topological polar surface area (TPSA) is 66.8 Å². The summed E-state index contributed by atoms with van der Waals surface area (Å²) >= 11 is 0. The summed E-state index contributed by atoms with van der Waals surface area (Å²) in [5, 5.41) is 9.66. The first kappa shape index (κ1) is 11.6. The fraction of sp³-hybridized carbons (Fsp3) is 0.600. The highest BCUT2D eigenvalue weighted by atomic mass is 16.5. The predicted molar refractivity (Wildman–Crippen MR) is 53.1 cm³/mol. The van der Waals surface area contributed by atoms with Gasteiger partial charge in [0.2, 0.25) is 5.91 Å². The Labute approximate surface area is 88.3 Å². The standard InChI is InChI=1S/C10H15NO4/c1-4-15-10(14)8-5-11(7(3)12)6(2)9(8)13/h6,13H,4-5H2,1-3H3. The van der Waals surface area contributed by atoms with Crippen LogP contribution in [0.2, 0.25) is 0 Å². The maximum Gasteiger partial charge on any atom is 0.339 e. The van der Waals surface area contributed by atoms with Gasteiger partial charge in [-0.2, -0.15) is 0 Å². The Bertz CT molecular complexity index is 321. The lowest BCUT2D eigenvalue weighted by Crippen LogP contribution is -2.34. The van der Waals surface area contributed by atoms with Crippen LogP contribution >= 0.6 is 0 Å². The van der Waals surface area contributed by atoms with Gasteiger partial charge in [-0.1, -0.05) is 0 Å². The Hall–Kier alpha value is -1.52. The summed E-state index contributed by atoms with van der Waals surface area (Å²) in [6.07, 6.45) is 0. The van der Waals surface area contributed by atoms with E-state index in [1.54, 1.807) is 13.8 Å². The highest BCUT2D eigenvalue weighted by Gasteiger charge is 2.34. The van der Waals surface area contributed by atoms with Gasteiger partial charge in [-0.05, 0) is 13.8 Å². The van der Waals surface area contributed by atoms with Crippen LogP contribution in [0.4, 0.5) is 0 Å². The number of rotatable bonds is 2. The molecule has 1 atom stereocenters. The van der Waals surface area contributed by atoms with Crippen LogP contribution in [-0.4, -0.2) is 41.1 Å². The molecular weight excluding hydrogens is 198 g/mol. The molecule has 0 aromatic heterocycles. The highest BCUT2D eigenvalue weighted by molar-refractivity contribution is 5.92. The van der Waals surface area contributed by atoms with E-state index in [-0.39, 0.29) is 30.4 Å². The van der Waals surface area contributed by atoms with E-state index in [9.17, 15) is 14.7 Å². The Kier molecular flexibility index (Phi) is 3.34. The fourth-order valence-electron chi connectivity index (χ4n) is 1.56. The summed E-state index contributed by atoms with van der Waals surface area (Å²) in [7, 11) is 0. The number of aliphatic hydroxyl groups excluding tert-OH is 1. The lowest BCUT2D eigenvalue weighted by molar-refractivity contribution is -0.138. The molecule has 1 rings (SSSR count). The molecule has 0 saturated carbocycles. The van der Waals surface area contributed by atoms with Crippen molar-refractivity contribution in [3.63, 3.8) is 0 Å². The molecule has 1 aliphatic rings. The van der Waals surface area contributed by atoms with Crippen molar-refractivity contribution in [2.45, 2.75) is 26.8 Å². The van der Waals surface area contributed by atoms with Gasteiger partial charge in [0.05, 0.1) is 24.8 Å². The molecule has 1 heterocycles. The number of hydrogen-bond acceptors (Lipinski definition) is 4. The number of carbonyl (C=O) groups is 2. The van der Waals surface area contributed by atoms with E-state index in [0.29, 0.717) is 0 Å². The number of nitrogens with zero attached hydrogens (tertiary/aromatic N) is 1. The first-order chi connectivity index (χ1) is 6.99. The van der Waals surface area contributed by atoms with E-state index in [4.69, 9.17) is 4.74 Å². The number of ether oxygens (including phenoxy) is 1. The van der Waals surface area contributed by atoms with Gasteiger partial charge in [0, 0.05) is 6.92 Å². The first-order valence-electron chi connectivity index (χ1n) is 4.85. The monoisotopic (exact) mass is 213 g/mol. The number of carbonyl (C=O) groups excluding carboxylic acids is 2. The van der Waals surface area contributed by atoms with Gasteiger partial charge < -0.3 is 14.7 Å². The summed E-state index contributed by atoms with van der Waals surface area (Å²) in [5.41, 5.74) is 0.180. The van der Waals surface area contributed by atoms with Crippen molar-refractivity contribution < 1.29 is 19.4 Å². The van der Waals surface area contributed by atoms with Gasteiger partial charge in [-0.25, -0.2) is 4.79 Å². The van der Waals surface area contributed by atoms with Crippen LogP contribution in [0.5, 0.6) is 0 Å². The summed E-state index contributed by atoms with van der Waals surface area (Å²) in [5.74, 6) is -0.789. The molecular formula is C10H15NO4. The van der Waals surface area contributed by atoms with Crippen LogP contribution in [0.15, 0.2) is 11.3 Å². The van der Waals surface area contributed by atoms with Gasteiger partial charge in [0.1, 0.15) is 5.76 Å². The Morgan fingerprint density at radius 3 is 2.60 bits per heavy atom. The molecule has 0 radical (unpaired) electrons. The molecule has 0 bridgehead atoms. The molecule has 1 unspecified atom stereocenters. The molecule has 5 nitrogen and oxygen atoms in total. The Balaban J connectivity index is 2.83. The van der Waals surface area contributed by atoms with Gasteiger partial charge in [-0.15, -0.1) is 0 Å². The molecule has 0 aromatic rings. The van der Waals surface area contributed by atoms with Crippen LogP contribution in [0, 0.1) is 0 Å². The second kappa shape index (κ2) is 4.33. The van der Waals surface area contributed by atoms with Crippen molar-refractivity contribution in [3.8, 4) is 0 Å². The molecule has 0 fully saturated rings. The third-order valence-electron chi connectivity index (χ3n) is 2.43. The van der Waals surface area contributed by atoms with E-state index in [1.165, 1.54) is 11.8 Å². The lowest BCUT2D eigenvalue weighted by Gasteiger charge is -2.19. The molecule has 1 amide bonds. The number of esters is 1. The Morgan fingerprint density at radius 2 is 2.20 bits per heavy atom. The van der Waals surface area contributed by atoms with Crippen molar-refractivity contribution in [2.75, 3.05) is 13.2 Å². The van der Waals surface area contributed by atoms with E-state index >= 15 is 0 Å². The zero-order valence-electron chi connectivity index (χ0n) is 9.11. The summed E-state index contributed by atoms with van der Waals surface area (Å²) in [4.78, 5) is 24.0. The van der Waals surface area contributed by atoms with Crippen molar-refractivity contribution in [1.29, 1.82) is 0 Å². The first-order valence-corrected chi connectivity index (χ1v) is 4.85. The molecule has 15 heavy (non-hydrogen) atoms. The SMILES string of the molecule is CCOC(=O)C1=C(O)C(C)N(C(C)=O)C1.